The number of aromatic nitrogens is 1. The maximum absolute atomic E-state index is 12.7. The lowest BCUT2D eigenvalue weighted by Gasteiger charge is -2.26. The van der Waals surface area contributed by atoms with Gasteiger partial charge in [0.15, 0.2) is 5.69 Å². The van der Waals surface area contributed by atoms with Crippen LogP contribution < -0.4 is 5.32 Å². The van der Waals surface area contributed by atoms with E-state index in [9.17, 15) is 4.79 Å². The van der Waals surface area contributed by atoms with Crippen LogP contribution in [0.25, 0.3) is 0 Å². The third-order valence-electron chi connectivity index (χ3n) is 4.77. The number of carbonyl (C=O) groups is 1. The summed E-state index contributed by atoms with van der Waals surface area (Å²) in [7, 11) is 0. The number of carbonyl (C=O) groups excluding carboxylic acids is 1. The molecule has 3 rings (SSSR count). The third kappa shape index (κ3) is 4.93. The van der Waals surface area contributed by atoms with Crippen molar-refractivity contribution in [1.82, 2.24) is 15.4 Å². The van der Waals surface area contributed by atoms with E-state index in [0.717, 1.165) is 44.7 Å². The van der Waals surface area contributed by atoms with E-state index in [2.05, 4.69) is 27.5 Å². The standard InChI is InChI=1S/C20H27N3O3/c1-15(8-9-17-6-4-3-5-7-17)21-20(24)19-18(16(2)26-22-19)14-23-10-12-25-13-11-23/h3-7,15H,8-14H2,1-2H3,(H,21,24)/t15-/m1/s1. The minimum absolute atomic E-state index is 0.0657. The van der Waals surface area contributed by atoms with Gasteiger partial charge in [0.05, 0.1) is 13.2 Å². The van der Waals surface area contributed by atoms with Crippen molar-refractivity contribution < 1.29 is 14.1 Å². The molecule has 1 fully saturated rings. The number of hydrogen-bond donors (Lipinski definition) is 1. The highest BCUT2D eigenvalue weighted by Gasteiger charge is 2.23. The van der Waals surface area contributed by atoms with Crippen molar-refractivity contribution >= 4 is 5.91 Å². The Balaban J connectivity index is 1.57. The maximum atomic E-state index is 12.7. The molecule has 1 aromatic heterocycles. The fraction of sp³-hybridized carbons (Fsp3) is 0.500. The van der Waals surface area contributed by atoms with Crippen molar-refractivity contribution in [3.63, 3.8) is 0 Å². The third-order valence-corrected chi connectivity index (χ3v) is 4.77. The lowest BCUT2D eigenvalue weighted by atomic mass is 10.1. The Bertz CT molecular complexity index is 708. The summed E-state index contributed by atoms with van der Waals surface area (Å²) in [4.78, 5) is 14.9. The fourth-order valence-corrected chi connectivity index (χ4v) is 3.13. The van der Waals surface area contributed by atoms with Crippen molar-refractivity contribution in [1.29, 1.82) is 0 Å². The molecule has 1 aliphatic rings. The molecule has 1 aromatic carbocycles. The summed E-state index contributed by atoms with van der Waals surface area (Å²) >= 11 is 0. The van der Waals surface area contributed by atoms with E-state index in [0.29, 0.717) is 18.0 Å². The SMILES string of the molecule is Cc1onc(C(=O)N[C@H](C)CCc2ccccc2)c1CN1CCOCC1. The van der Waals surface area contributed by atoms with E-state index in [-0.39, 0.29) is 11.9 Å². The molecule has 1 saturated heterocycles. The van der Waals surface area contributed by atoms with Crippen LogP contribution in [0.5, 0.6) is 0 Å². The second-order valence-electron chi connectivity index (χ2n) is 6.85. The van der Waals surface area contributed by atoms with Gasteiger partial charge in [0, 0.05) is 31.2 Å². The molecule has 1 atom stereocenters. The lowest BCUT2D eigenvalue weighted by Crippen LogP contribution is -2.37. The average Bonchev–Trinajstić information content (AvgIpc) is 3.02. The molecule has 6 nitrogen and oxygen atoms in total. The minimum atomic E-state index is -0.161. The molecular formula is C20H27N3O3. The number of amides is 1. The van der Waals surface area contributed by atoms with Crippen LogP contribution in [0.2, 0.25) is 0 Å². The van der Waals surface area contributed by atoms with Gasteiger partial charge in [0.2, 0.25) is 0 Å². The van der Waals surface area contributed by atoms with Crippen LogP contribution in [0.3, 0.4) is 0 Å². The van der Waals surface area contributed by atoms with Gasteiger partial charge in [-0.2, -0.15) is 0 Å². The minimum Gasteiger partial charge on any atom is -0.379 e. The number of benzene rings is 1. The van der Waals surface area contributed by atoms with Crippen molar-refractivity contribution in [3.8, 4) is 0 Å². The predicted octanol–water partition coefficient (Wildman–Crippen LogP) is 2.57. The number of aryl methyl sites for hydroxylation is 2. The van der Waals surface area contributed by atoms with Gasteiger partial charge in [0.25, 0.3) is 5.91 Å². The molecule has 26 heavy (non-hydrogen) atoms. The van der Waals surface area contributed by atoms with Gasteiger partial charge in [0.1, 0.15) is 5.76 Å². The molecule has 0 saturated carbocycles. The average molecular weight is 357 g/mol. The monoisotopic (exact) mass is 357 g/mol. The molecule has 0 spiro atoms. The van der Waals surface area contributed by atoms with Crippen molar-refractivity contribution in [3.05, 3.63) is 52.9 Å². The van der Waals surface area contributed by atoms with Crippen molar-refractivity contribution in [2.75, 3.05) is 26.3 Å². The summed E-state index contributed by atoms with van der Waals surface area (Å²) in [5.74, 6) is 0.546. The Morgan fingerprint density at radius 2 is 2.00 bits per heavy atom. The van der Waals surface area contributed by atoms with Crippen LogP contribution in [0, 0.1) is 6.92 Å². The molecule has 0 unspecified atom stereocenters. The summed E-state index contributed by atoms with van der Waals surface area (Å²) in [6, 6.07) is 10.4. The summed E-state index contributed by atoms with van der Waals surface area (Å²) < 4.78 is 10.7. The van der Waals surface area contributed by atoms with E-state index >= 15 is 0 Å². The van der Waals surface area contributed by atoms with Gasteiger partial charge in [-0.05, 0) is 32.3 Å². The Kier molecular flexibility index (Phi) is 6.41. The number of ether oxygens (including phenoxy) is 1. The molecule has 1 N–H and O–H groups in total. The molecule has 0 aliphatic carbocycles. The quantitative estimate of drug-likeness (QED) is 0.825. The maximum Gasteiger partial charge on any atom is 0.274 e. The van der Waals surface area contributed by atoms with Crippen molar-refractivity contribution in [2.24, 2.45) is 0 Å². The number of hydrogen-bond acceptors (Lipinski definition) is 5. The van der Waals surface area contributed by atoms with Gasteiger partial charge in [-0.25, -0.2) is 0 Å². The van der Waals surface area contributed by atoms with Crippen molar-refractivity contribution in [2.45, 2.75) is 39.3 Å². The zero-order valence-corrected chi connectivity index (χ0v) is 15.5. The van der Waals surface area contributed by atoms with Crippen LogP contribution in [0.4, 0.5) is 0 Å². The van der Waals surface area contributed by atoms with Gasteiger partial charge in [-0.3, -0.25) is 9.69 Å². The summed E-state index contributed by atoms with van der Waals surface area (Å²) in [6.07, 6.45) is 1.81. The fourth-order valence-electron chi connectivity index (χ4n) is 3.13. The first-order valence-corrected chi connectivity index (χ1v) is 9.23. The second kappa shape index (κ2) is 8.96. The van der Waals surface area contributed by atoms with Crippen LogP contribution in [-0.2, 0) is 17.7 Å². The van der Waals surface area contributed by atoms with E-state index in [1.807, 2.05) is 32.0 Å². The number of rotatable bonds is 7. The molecule has 6 heteroatoms. The van der Waals surface area contributed by atoms with E-state index < -0.39 is 0 Å². The smallest absolute Gasteiger partial charge is 0.274 e. The zero-order chi connectivity index (χ0) is 18.4. The molecule has 1 amide bonds. The number of nitrogens with one attached hydrogen (secondary N) is 1. The van der Waals surface area contributed by atoms with E-state index in [4.69, 9.17) is 9.26 Å². The summed E-state index contributed by atoms with van der Waals surface area (Å²) in [5.41, 5.74) is 2.55. The second-order valence-corrected chi connectivity index (χ2v) is 6.85. The van der Waals surface area contributed by atoms with E-state index in [1.54, 1.807) is 0 Å². The Hall–Kier alpha value is -2.18. The highest BCUT2D eigenvalue weighted by Crippen LogP contribution is 2.17. The molecular weight excluding hydrogens is 330 g/mol. The normalized spacial score (nSPS) is 16.4. The Morgan fingerprint density at radius 3 is 2.73 bits per heavy atom. The summed E-state index contributed by atoms with van der Waals surface area (Å²) in [5, 5.41) is 7.06. The first-order valence-electron chi connectivity index (χ1n) is 9.23. The molecule has 2 aromatic rings. The lowest BCUT2D eigenvalue weighted by molar-refractivity contribution is 0.0339. The Morgan fingerprint density at radius 1 is 1.27 bits per heavy atom. The summed E-state index contributed by atoms with van der Waals surface area (Å²) in [6.45, 7) is 7.72. The van der Waals surface area contributed by atoms with E-state index in [1.165, 1.54) is 5.56 Å². The highest BCUT2D eigenvalue weighted by atomic mass is 16.5. The first-order chi connectivity index (χ1) is 12.6. The number of nitrogens with zero attached hydrogens (tertiary/aromatic N) is 2. The molecule has 0 bridgehead atoms. The topological polar surface area (TPSA) is 67.6 Å². The largest absolute Gasteiger partial charge is 0.379 e. The molecule has 0 radical (unpaired) electrons. The van der Waals surface area contributed by atoms with Crippen LogP contribution >= 0.6 is 0 Å². The highest BCUT2D eigenvalue weighted by molar-refractivity contribution is 5.93. The predicted molar refractivity (Wildman–Crippen MR) is 99.0 cm³/mol. The molecule has 140 valence electrons. The van der Waals surface area contributed by atoms with Crippen LogP contribution in [0.1, 0.15) is 40.7 Å². The number of morpholine rings is 1. The Labute approximate surface area is 154 Å². The molecule has 1 aliphatic heterocycles. The zero-order valence-electron chi connectivity index (χ0n) is 15.5. The van der Waals surface area contributed by atoms with Gasteiger partial charge in [-0.1, -0.05) is 35.5 Å². The van der Waals surface area contributed by atoms with Crippen LogP contribution in [0.15, 0.2) is 34.9 Å². The van der Waals surface area contributed by atoms with Gasteiger partial charge in [-0.15, -0.1) is 0 Å². The first kappa shape index (κ1) is 18.6. The van der Waals surface area contributed by atoms with Gasteiger partial charge >= 0.3 is 0 Å². The van der Waals surface area contributed by atoms with Gasteiger partial charge < -0.3 is 14.6 Å². The molecule has 2 heterocycles. The van der Waals surface area contributed by atoms with Crippen LogP contribution in [-0.4, -0.2) is 48.3 Å².